The summed E-state index contributed by atoms with van der Waals surface area (Å²) in [5.74, 6) is -0.237. The second kappa shape index (κ2) is 12.6. The smallest absolute Gasteiger partial charge is 0.258 e. The molecule has 0 radical (unpaired) electrons. The summed E-state index contributed by atoms with van der Waals surface area (Å²) in [6.45, 7) is 1.35. The number of non-ortho nitro benzene ring substituents is 1. The maximum Gasteiger partial charge on any atom is 0.317 e. The third-order valence-electron chi connectivity index (χ3n) is 2.59. The van der Waals surface area contributed by atoms with Gasteiger partial charge in [-0.1, -0.05) is 18.2 Å². The van der Waals surface area contributed by atoms with Crippen LogP contribution in [0.1, 0.15) is 6.92 Å². The van der Waals surface area contributed by atoms with Gasteiger partial charge in [0, 0.05) is 33.5 Å². The first kappa shape index (κ1) is 27.1. The van der Waals surface area contributed by atoms with E-state index in [0.717, 1.165) is 0 Å². The molecule has 0 aliphatic heterocycles. The van der Waals surface area contributed by atoms with Crippen molar-refractivity contribution in [2.75, 3.05) is 5.32 Å². The van der Waals surface area contributed by atoms with Gasteiger partial charge in [-0.05, 0) is 0 Å². The number of halogens is 2. The van der Waals surface area contributed by atoms with Crippen molar-refractivity contribution >= 4 is 65.4 Å². The first-order chi connectivity index (χ1) is 13.3. The molecule has 15 heteroatoms. The summed E-state index contributed by atoms with van der Waals surface area (Å²) >= 11 is -4.76. The van der Waals surface area contributed by atoms with E-state index in [4.69, 9.17) is 17.8 Å². The molecule has 0 aromatic heterocycles. The van der Waals surface area contributed by atoms with E-state index in [1.807, 2.05) is 0 Å². The Kier molecular flexibility index (Phi) is 11.8. The zero-order chi connectivity index (χ0) is 22.7. The molecule has 160 valence electrons. The molecule has 0 bridgehead atoms. The van der Waals surface area contributed by atoms with Crippen LogP contribution >= 0.6 is 21.4 Å². The van der Waals surface area contributed by atoms with Gasteiger partial charge in [-0.15, -0.1) is 0 Å². The molecule has 0 heterocycles. The molecule has 2 rings (SSSR count). The number of nitrogens with one attached hydrogen (secondary N) is 1. The predicted molar refractivity (Wildman–Crippen MR) is 106 cm³/mol. The summed E-state index contributed by atoms with van der Waals surface area (Å²) in [5, 5.41) is 20.7. The Morgan fingerprint density at radius 1 is 1.14 bits per heavy atom. The van der Waals surface area contributed by atoms with Gasteiger partial charge in [-0.25, -0.2) is 0 Å². The van der Waals surface area contributed by atoms with Crippen LogP contribution in [0.5, 0.6) is 0 Å². The third-order valence-corrected chi connectivity index (χ3v) is 5.05. The van der Waals surface area contributed by atoms with Crippen LogP contribution in [-0.4, -0.2) is 42.8 Å². The Hall–Kier alpha value is -1.92. The Balaban J connectivity index is 0.000000473. The van der Waals surface area contributed by atoms with Crippen LogP contribution in [0, 0.1) is 10.1 Å². The molecule has 0 fully saturated rings. The average molecular weight is 533 g/mol. The van der Waals surface area contributed by atoms with Gasteiger partial charge in [-0.2, -0.15) is 8.42 Å². The average Bonchev–Trinajstić information content (AvgIpc) is 2.61. The fourth-order valence-corrected chi connectivity index (χ4v) is 2.83. The van der Waals surface area contributed by atoms with E-state index in [9.17, 15) is 18.6 Å². The number of hydrogen-bond donors (Lipinski definition) is 3. The second-order valence-corrected chi connectivity index (χ2v) is 12.1. The van der Waals surface area contributed by atoms with Gasteiger partial charge < -0.3 is 0 Å². The summed E-state index contributed by atoms with van der Waals surface area (Å²) < 4.78 is 42.2. The van der Waals surface area contributed by atoms with E-state index in [-0.39, 0.29) is 15.9 Å². The Morgan fingerprint density at radius 2 is 1.59 bits per heavy atom. The van der Waals surface area contributed by atoms with E-state index < -0.39 is 27.4 Å². The third kappa shape index (κ3) is 13.8. The number of hydrogen-bond acceptors (Lipinski definition) is 8. The Morgan fingerprint density at radius 3 is 1.90 bits per heavy atom. The molecule has 1 atom stereocenters. The summed E-state index contributed by atoms with van der Waals surface area (Å²) in [4.78, 5) is 20.3. The zero-order valence-electron chi connectivity index (χ0n) is 14.5. The number of amides is 1. The minimum atomic E-state index is -4.76. The fraction of sp³-hybridized carbons (Fsp3) is 0.0714. The van der Waals surface area contributed by atoms with Gasteiger partial charge in [0.2, 0.25) is 0 Å². The molecule has 0 saturated carbocycles. The normalized spacial score (nSPS) is 12.2. The second-order valence-electron chi connectivity index (χ2n) is 4.80. The van der Waals surface area contributed by atoms with Crippen LogP contribution in [0.25, 0.3) is 0 Å². The molecule has 0 aliphatic rings. The number of rotatable bonds is 4. The van der Waals surface area contributed by atoms with Gasteiger partial charge in [0.25, 0.3) is 5.69 Å². The molecular weight excluding hydrogens is 518 g/mol. The molecule has 2 aromatic rings. The van der Waals surface area contributed by atoms with Crippen molar-refractivity contribution in [1.82, 2.24) is 0 Å². The van der Waals surface area contributed by atoms with Crippen molar-refractivity contribution in [1.29, 1.82) is 0 Å². The molecule has 1 unspecified atom stereocenters. The SMILES string of the molecule is CC(=O)Nc1ccc([As](=O)(O)OO)cc1.O=S(=O)(Cl)Cl.O=[N+]([O-])c1ccccc1. The van der Waals surface area contributed by atoms with Crippen molar-refractivity contribution < 1.29 is 35.1 Å². The molecule has 0 saturated heterocycles. The molecule has 2 aromatic carbocycles. The van der Waals surface area contributed by atoms with Crippen molar-refractivity contribution in [3.05, 3.63) is 64.7 Å². The van der Waals surface area contributed by atoms with Crippen LogP contribution in [-0.2, 0) is 20.7 Å². The zero-order valence-corrected chi connectivity index (χ0v) is 18.7. The van der Waals surface area contributed by atoms with E-state index in [2.05, 4.69) is 30.6 Å². The predicted octanol–water partition coefficient (Wildman–Crippen LogP) is 2.01. The number of nitro groups is 1. The van der Waals surface area contributed by atoms with Gasteiger partial charge in [0.1, 0.15) is 0 Å². The maximum atomic E-state index is 11.2. The van der Waals surface area contributed by atoms with Gasteiger partial charge in [0.15, 0.2) is 0 Å². The van der Waals surface area contributed by atoms with Gasteiger partial charge >= 0.3 is 96.7 Å². The molecule has 11 nitrogen and oxygen atoms in total. The number of para-hydroxylation sites is 1. The number of carbonyl (C=O) groups is 1. The van der Waals surface area contributed by atoms with E-state index in [1.54, 1.807) is 18.2 Å². The quantitative estimate of drug-likeness (QED) is 0.175. The minimum Gasteiger partial charge on any atom is -0.258 e. The van der Waals surface area contributed by atoms with Gasteiger partial charge in [0.05, 0.1) is 4.92 Å². The first-order valence-corrected chi connectivity index (χ1v) is 13.6. The summed E-state index contributed by atoms with van der Waals surface area (Å²) in [7, 11) is 4.81. The minimum absolute atomic E-state index is 0.00438. The van der Waals surface area contributed by atoms with Crippen LogP contribution < -0.4 is 9.67 Å². The number of benzene rings is 2. The molecule has 0 spiro atoms. The largest absolute Gasteiger partial charge is 0.317 e. The van der Waals surface area contributed by atoms with Crippen LogP contribution in [0.15, 0.2) is 54.6 Å². The molecule has 3 N–H and O–H groups in total. The van der Waals surface area contributed by atoms with E-state index in [1.165, 1.54) is 43.3 Å². The number of nitrogens with zero attached hydrogens (tertiary/aromatic N) is 1. The Bertz CT molecular complexity index is 949. The summed E-state index contributed by atoms with van der Waals surface area (Å²) in [6, 6.07) is 13.4. The summed E-state index contributed by atoms with van der Waals surface area (Å²) in [6.07, 6.45) is 0. The summed E-state index contributed by atoms with van der Waals surface area (Å²) in [5.41, 5.74) is 0.636. The van der Waals surface area contributed by atoms with Crippen molar-refractivity contribution in [3.63, 3.8) is 0 Å². The number of carbonyl (C=O) groups excluding carboxylic acids is 1. The van der Waals surface area contributed by atoms with Crippen LogP contribution in [0.4, 0.5) is 11.4 Å². The Labute approximate surface area is 177 Å². The molecule has 1 amide bonds. The van der Waals surface area contributed by atoms with Crippen molar-refractivity contribution in [3.8, 4) is 0 Å². The van der Waals surface area contributed by atoms with E-state index >= 15 is 0 Å². The van der Waals surface area contributed by atoms with E-state index in [0.29, 0.717) is 5.69 Å². The monoisotopic (exact) mass is 532 g/mol. The molecular formula is C14H15AsCl2N2O9S. The number of nitro benzene ring substituents is 1. The van der Waals surface area contributed by atoms with Crippen molar-refractivity contribution in [2.24, 2.45) is 0 Å². The molecule has 29 heavy (non-hydrogen) atoms. The van der Waals surface area contributed by atoms with Crippen LogP contribution in [0.3, 0.4) is 0 Å². The van der Waals surface area contributed by atoms with Gasteiger partial charge in [-0.3, -0.25) is 10.1 Å². The topological polar surface area (TPSA) is 173 Å². The van der Waals surface area contributed by atoms with Crippen molar-refractivity contribution in [2.45, 2.75) is 6.92 Å². The number of anilines is 1. The molecule has 0 aliphatic carbocycles. The van der Waals surface area contributed by atoms with Crippen LogP contribution in [0.2, 0.25) is 0 Å². The fourth-order valence-electron chi connectivity index (χ4n) is 1.53. The first-order valence-electron chi connectivity index (χ1n) is 7.14. The maximum absolute atomic E-state index is 11.2. The standard InChI is InChI=1S/C8H10AsNO5.C6H5NO2.Cl2O2S/c1-6(11)10-8-4-2-7(3-5-8)9(12,13)15-14;8-7(9)6-4-2-1-3-5-6;1-5(2,3)4/h2-5,14H,1H3,(H,10,11)(H,12,13);1-5H;.